The lowest BCUT2D eigenvalue weighted by Gasteiger charge is -2.22. The Hall–Kier alpha value is -2.15. The predicted molar refractivity (Wildman–Crippen MR) is 70.2 cm³/mol. The average molecular weight is 281 g/mol. The molecule has 1 aliphatic rings. The third kappa shape index (κ3) is 2.44. The van der Waals surface area contributed by atoms with Crippen LogP contribution in [0.15, 0.2) is 12.1 Å². The maximum atomic E-state index is 13.6. The van der Waals surface area contributed by atoms with E-state index in [-0.39, 0.29) is 29.8 Å². The van der Waals surface area contributed by atoms with Crippen LogP contribution in [0.3, 0.4) is 0 Å². The third-order valence-corrected chi connectivity index (χ3v) is 3.50. The zero-order chi connectivity index (χ0) is 15.0. The van der Waals surface area contributed by atoms with Crippen LogP contribution >= 0.6 is 0 Å². The lowest BCUT2D eigenvalue weighted by atomic mass is 10.1. The van der Waals surface area contributed by atoms with Gasteiger partial charge in [-0.2, -0.15) is 0 Å². The first kappa shape index (κ1) is 14.3. The molecular weight excluding hydrogens is 265 g/mol. The Morgan fingerprint density at radius 1 is 1.45 bits per heavy atom. The normalized spacial score (nSPS) is 22.1. The molecule has 0 radical (unpaired) electrons. The molecule has 6 nitrogen and oxygen atoms in total. The number of likely N-dealkylation sites (tertiary alicyclic amines) is 1. The molecule has 5 N–H and O–H groups in total. The molecule has 0 bridgehead atoms. The number of halogens is 1. The molecule has 1 aromatic rings. The summed E-state index contributed by atoms with van der Waals surface area (Å²) >= 11 is 0. The van der Waals surface area contributed by atoms with Crippen molar-refractivity contribution in [1.29, 1.82) is 0 Å². The number of primary amides is 1. The molecule has 20 heavy (non-hydrogen) atoms. The van der Waals surface area contributed by atoms with Crippen molar-refractivity contribution in [1.82, 2.24) is 4.90 Å². The van der Waals surface area contributed by atoms with Crippen molar-refractivity contribution in [2.75, 3.05) is 12.3 Å². The Morgan fingerprint density at radius 3 is 2.65 bits per heavy atom. The Morgan fingerprint density at radius 2 is 2.10 bits per heavy atom. The van der Waals surface area contributed by atoms with Crippen LogP contribution in [0, 0.1) is 12.7 Å². The van der Waals surface area contributed by atoms with Gasteiger partial charge < -0.3 is 21.5 Å². The number of anilines is 1. The second-order valence-corrected chi connectivity index (χ2v) is 4.94. The van der Waals surface area contributed by atoms with Gasteiger partial charge in [-0.15, -0.1) is 0 Å². The second-order valence-electron chi connectivity index (χ2n) is 4.94. The summed E-state index contributed by atoms with van der Waals surface area (Å²) in [6.07, 6.45) is -0.727. The number of hydrogen-bond acceptors (Lipinski definition) is 4. The molecule has 0 aliphatic carbocycles. The van der Waals surface area contributed by atoms with Crippen LogP contribution < -0.4 is 11.5 Å². The highest BCUT2D eigenvalue weighted by Crippen LogP contribution is 2.23. The van der Waals surface area contributed by atoms with Gasteiger partial charge in [0.2, 0.25) is 5.91 Å². The molecule has 1 saturated heterocycles. The first-order valence-electron chi connectivity index (χ1n) is 6.15. The van der Waals surface area contributed by atoms with E-state index in [1.165, 1.54) is 13.0 Å². The van der Waals surface area contributed by atoms with E-state index in [9.17, 15) is 19.1 Å². The summed E-state index contributed by atoms with van der Waals surface area (Å²) in [5.41, 5.74) is 11.3. The van der Waals surface area contributed by atoms with E-state index >= 15 is 0 Å². The number of rotatable bonds is 2. The number of β-amino-alcohol motifs (C(OH)–C–C–N with tert-alkyl or cyclic N) is 1. The van der Waals surface area contributed by atoms with Crippen LogP contribution in [0.5, 0.6) is 0 Å². The van der Waals surface area contributed by atoms with Gasteiger partial charge in [-0.1, -0.05) is 0 Å². The van der Waals surface area contributed by atoms with Crippen molar-refractivity contribution >= 4 is 17.5 Å². The molecule has 108 valence electrons. The second kappa shape index (κ2) is 5.09. The molecule has 1 aromatic carbocycles. The lowest BCUT2D eigenvalue weighted by Crippen LogP contribution is -2.43. The zero-order valence-corrected chi connectivity index (χ0v) is 11.0. The molecule has 2 atom stereocenters. The van der Waals surface area contributed by atoms with Gasteiger partial charge in [0.1, 0.15) is 11.9 Å². The maximum Gasteiger partial charge on any atom is 0.254 e. The van der Waals surface area contributed by atoms with E-state index < -0.39 is 29.8 Å². The SMILES string of the molecule is Cc1c(N)cc(C(=O)N2CC(O)CC2C(N)=O)cc1F. The molecule has 1 heterocycles. The number of nitrogens with zero attached hydrogens (tertiary/aromatic N) is 1. The average Bonchev–Trinajstić information content (AvgIpc) is 2.76. The summed E-state index contributed by atoms with van der Waals surface area (Å²) in [6.45, 7) is 1.49. The van der Waals surface area contributed by atoms with Gasteiger partial charge in [0.25, 0.3) is 5.91 Å². The monoisotopic (exact) mass is 281 g/mol. The van der Waals surface area contributed by atoms with Gasteiger partial charge in [-0.3, -0.25) is 9.59 Å². The number of nitrogens with two attached hydrogens (primary N) is 2. The maximum absolute atomic E-state index is 13.6. The minimum atomic E-state index is -0.886. The Kier molecular flexibility index (Phi) is 3.63. The molecule has 0 spiro atoms. The number of nitrogen functional groups attached to an aromatic ring is 1. The van der Waals surface area contributed by atoms with E-state index in [1.807, 2.05) is 0 Å². The molecule has 0 saturated carbocycles. The standard InChI is InChI=1S/C13H16FN3O3/c1-6-9(14)2-7(3-10(6)15)13(20)17-5-8(18)4-11(17)12(16)19/h2-3,8,11,18H,4-5,15H2,1H3,(H2,16,19). The topological polar surface area (TPSA) is 110 Å². The number of amides is 2. The van der Waals surface area contributed by atoms with Crippen molar-refractivity contribution in [3.63, 3.8) is 0 Å². The number of carbonyl (C=O) groups excluding carboxylic acids is 2. The highest BCUT2D eigenvalue weighted by molar-refractivity contribution is 5.98. The molecular formula is C13H16FN3O3. The zero-order valence-electron chi connectivity index (χ0n) is 11.0. The van der Waals surface area contributed by atoms with Crippen molar-refractivity contribution in [3.05, 3.63) is 29.1 Å². The number of aliphatic hydroxyl groups is 1. The fraction of sp³-hybridized carbons (Fsp3) is 0.385. The van der Waals surface area contributed by atoms with Gasteiger partial charge >= 0.3 is 0 Å². The Labute approximate surface area is 115 Å². The summed E-state index contributed by atoms with van der Waals surface area (Å²) in [5.74, 6) is -1.87. The molecule has 1 aliphatic heterocycles. The summed E-state index contributed by atoms with van der Waals surface area (Å²) in [6, 6.07) is 1.53. The number of carbonyl (C=O) groups is 2. The molecule has 0 aromatic heterocycles. The fourth-order valence-corrected chi connectivity index (χ4v) is 2.30. The fourth-order valence-electron chi connectivity index (χ4n) is 2.30. The first-order valence-corrected chi connectivity index (χ1v) is 6.15. The van der Waals surface area contributed by atoms with Gasteiger partial charge in [-0.25, -0.2) is 4.39 Å². The van der Waals surface area contributed by atoms with E-state index in [1.54, 1.807) is 0 Å². The van der Waals surface area contributed by atoms with Gasteiger partial charge in [0.15, 0.2) is 0 Å². The van der Waals surface area contributed by atoms with E-state index in [0.717, 1.165) is 11.0 Å². The van der Waals surface area contributed by atoms with Crippen LogP contribution in [-0.2, 0) is 4.79 Å². The number of aliphatic hydroxyl groups excluding tert-OH is 1. The summed E-state index contributed by atoms with van der Waals surface area (Å²) in [5, 5.41) is 9.57. The van der Waals surface area contributed by atoms with Gasteiger partial charge in [0, 0.05) is 29.8 Å². The van der Waals surface area contributed by atoms with Crippen molar-refractivity contribution in [2.24, 2.45) is 5.73 Å². The molecule has 2 amide bonds. The van der Waals surface area contributed by atoms with E-state index in [2.05, 4.69) is 0 Å². The molecule has 2 rings (SSSR count). The Bertz CT molecular complexity index is 553. The summed E-state index contributed by atoms with van der Waals surface area (Å²) < 4.78 is 13.6. The van der Waals surface area contributed by atoms with Gasteiger partial charge in [-0.05, 0) is 19.1 Å². The highest BCUT2D eigenvalue weighted by atomic mass is 19.1. The van der Waals surface area contributed by atoms with Crippen LogP contribution in [0.1, 0.15) is 22.3 Å². The first-order chi connectivity index (χ1) is 9.31. The van der Waals surface area contributed by atoms with Gasteiger partial charge in [0.05, 0.1) is 6.10 Å². The molecule has 1 fully saturated rings. The predicted octanol–water partition coefficient (Wildman–Crippen LogP) is -0.223. The van der Waals surface area contributed by atoms with Crippen molar-refractivity contribution in [2.45, 2.75) is 25.5 Å². The molecule has 2 unspecified atom stereocenters. The van der Waals surface area contributed by atoms with Crippen LogP contribution in [0.4, 0.5) is 10.1 Å². The highest BCUT2D eigenvalue weighted by Gasteiger charge is 2.38. The smallest absolute Gasteiger partial charge is 0.254 e. The van der Waals surface area contributed by atoms with Crippen molar-refractivity contribution < 1.29 is 19.1 Å². The minimum Gasteiger partial charge on any atom is -0.398 e. The largest absolute Gasteiger partial charge is 0.398 e. The Balaban J connectivity index is 2.33. The van der Waals surface area contributed by atoms with E-state index in [4.69, 9.17) is 11.5 Å². The quantitative estimate of drug-likeness (QED) is 0.651. The molecule has 7 heteroatoms. The number of hydrogen-bond donors (Lipinski definition) is 3. The summed E-state index contributed by atoms with van der Waals surface area (Å²) in [7, 11) is 0. The minimum absolute atomic E-state index is 0.0121. The van der Waals surface area contributed by atoms with Crippen LogP contribution in [0.2, 0.25) is 0 Å². The lowest BCUT2D eigenvalue weighted by molar-refractivity contribution is -0.121. The van der Waals surface area contributed by atoms with Crippen molar-refractivity contribution in [3.8, 4) is 0 Å². The third-order valence-electron chi connectivity index (χ3n) is 3.50. The van der Waals surface area contributed by atoms with Crippen LogP contribution in [-0.4, -0.2) is 40.5 Å². The summed E-state index contributed by atoms with van der Waals surface area (Å²) in [4.78, 5) is 24.8. The van der Waals surface area contributed by atoms with Crippen LogP contribution in [0.25, 0.3) is 0 Å². The van der Waals surface area contributed by atoms with E-state index in [0.29, 0.717) is 0 Å². The number of benzene rings is 1.